The molecule has 1 saturated heterocycles. The Morgan fingerprint density at radius 3 is 2.52 bits per heavy atom. The SMILES string of the molecule is Cc1cc(-n2[nH]c(C)c(C=Nc3cc4[nH]c(=O)[nH]c4cc3N3CCOCC3)c2=O)ccc1Br. The standard InChI is InChI=1S/C23H23BrN6O3/c1-13-9-15(3-4-17(13)24)30-22(31)16(14(2)28-30)12-25-20-10-18-19(27-23(32)26-18)11-21(20)29-5-7-33-8-6-29/h3-4,9-12,28H,5-8H2,1-2H3,(H2,26,27,32). The number of nitrogens with zero attached hydrogens (tertiary/aromatic N) is 3. The fourth-order valence-corrected chi connectivity index (χ4v) is 4.26. The van der Waals surface area contributed by atoms with Crippen LogP contribution in [0.2, 0.25) is 0 Å². The molecule has 2 aromatic carbocycles. The second-order valence-electron chi connectivity index (χ2n) is 8.05. The van der Waals surface area contributed by atoms with Gasteiger partial charge in [-0.05, 0) is 49.7 Å². The van der Waals surface area contributed by atoms with E-state index in [2.05, 4.69) is 40.9 Å². The van der Waals surface area contributed by atoms with E-state index in [4.69, 9.17) is 4.74 Å². The molecule has 0 amide bonds. The van der Waals surface area contributed by atoms with Crippen molar-refractivity contribution >= 4 is 44.6 Å². The minimum atomic E-state index is -0.270. The van der Waals surface area contributed by atoms with E-state index in [1.54, 1.807) is 6.21 Å². The van der Waals surface area contributed by atoms with Gasteiger partial charge in [0.2, 0.25) is 0 Å². The first kappa shape index (κ1) is 21.5. The van der Waals surface area contributed by atoms with E-state index in [1.807, 2.05) is 44.2 Å². The quantitative estimate of drug-likeness (QED) is 0.365. The smallest absolute Gasteiger partial charge is 0.323 e. The van der Waals surface area contributed by atoms with Gasteiger partial charge in [-0.15, -0.1) is 0 Å². The number of anilines is 1. The molecule has 0 aliphatic carbocycles. The molecule has 1 aliphatic heterocycles. The summed E-state index contributed by atoms with van der Waals surface area (Å²) >= 11 is 3.49. The fourth-order valence-electron chi connectivity index (χ4n) is 4.02. The molecule has 3 heterocycles. The number of aromatic nitrogens is 4. The van der Waals surface area contributed by atoms with E-state index < -0.39 is 0 Å². The number of fused-ring (bicyclic) bond motifs is 1. The van der Waals surface area contributed by atoms with E-state index in [0.29, 0.717) is 41.2 Å². The number of hydrogen-bond acceptors (Lipinski definition) is 5. The molecule has 33 heavy (non-hydrogen) atoms. The van der Waals surface area contributed by atoms with E-state index in [9.17, 15) is 9.59 Å². The van der Waals surface area contributed by atoms with E-state index in [-0.39, 0.29) is 11.2 Å². The lowest BCUT2D eigenvalue weighted by Gasteiger charge is -2.29. The van der Waals surface area contributed by atoms with Crippen LogP contribution in [0.4, 0.5) is 11.4 Å². The summed E-state index contributed by atoms with van der Waals surface area (Å²) < 4.78 is 7.98. The third-order valence-electron chi connectivity index (χ3n) is 5.81. The van der Waals surface area contributed by atoms with Gasteiger partial charge in [0.25, 0.3) is 5.56 Å². The lowest BCUT2D eigenvalue weighted by molar-refractivity contribution is 0.123. The molecule has 0 spiro atoms. The number of aryl methyl sites for hydroxylation is 2. The Hall–Kier alpha value is -3.37. The van der Waals surface area contributed by atoms with Gasteiger partial charge in [-0.3, -0.25) is 14.9 Å². The molecular formula is C23H23BrN6O3. The average Bonchev–Trinajstić information content (AvgIpc) is 3.31. The lowest BCUT2D eigenvalue weighted by atomic mass is 10.2. The number of ether oxygens (including phenoxy) is 1. The molecule has 170 valence electrons. The molecule has 0 saturated carbocycles. The van der Waals surface area contributed by atoms with Crippen LogP contribution in [0, 0.1) is 13.8 Å². The summed E-state index contributed by atoms with van der Waals surface area (Å²) in [7, 11) is 0. The van der Waals surface area contributed by atoms with E-state index >= 15 is 0 Å². The Kier molecular flexibility index (Phi) is 5.55. The van der Waals surface area contributed by atoms with Gasteiger partial charge in [0.1, 0.15) is 0 Å². The number of nitrogens with one attached hydrogen (secondary N) is 3. The molecule has 0 atom stereocenters. The van der Waals surface area contributed by atoms with Crippen molar-refractivity contribution < 1.29 is 4.74 Å². The first-order valence-corrected chi connectivity index (χ1v) is 11.4. The first-order valence-electron chi connectivity index (χ1n) is 10.6. The van der Waals surface area contributed by atoms with Crippen LogP contribution in [-0.4, -0.2) is 52.3 Å². The van der Waals surface area contributed by atoms with Gasteiger partial charge in [-0.2, -0.15) is 0 Å². The van der Waals surface area contributed by atoms with Gasteiger partial charge in [0, 0.05) is 29.5 Å². The molecule has 0 bridgehead atoms. The molecular weight excluding hydrogens is 488 g/mol. The van der Waals surface area contributed by atoms with Crippen molar-refractivity contribution in [3.8, 4) is 5.69 Å². The minimum Gasteiger partial charge on any atom is -0.378 e. The molecule has 2 aromatic heterocycles. The Bertz CT molecular complexity index is 1490. The highest BCUT2D eigenvalue weighted by Gasteiger charge is 2.17. The van der Waals surface area contributed by atoms with Crippen LogP contribution in [0.3, 0.4) is 0 Å². The van der Waals surface area contributed by atoms with Crippen LogP contribution in [0.1, 0.15) is 16.8 Å². The van der Waals surface area contributed by atoms with Crippen LogP contribution >= 0.6 is 15.9 Å². The molecule has 1 aliphatic rings. The summed E-state index contributed by atoms with van der Waals surface area (Å²) in [5.74, 6) is 0. The van der Waals surface area contributed by atoms with Crippen LogP contribution in [-0.2, 0) is 4.74 Å². The number of morpholine rings is 1. The number of aliphatic imine (C=N–C) groups is 1. The largest absolute Gasteiger partial charge is 0.378 e. The number of halogens is 1. The highest BCUT2D eigenvalue weighted by atomic mass is 79.9. The predicted molar refractivity (Wildman–Crippen MR) is 133 cm³/mol. The second kappa shape index (κ2) is 8.53. The van der Waals surface area contributed by atoms with Gasteiger partial charge >= 0.3 is 5.69 Å². The Balaban J connectivity index is 1.57. The van der Waals surface area contributed by atoms with Crippen LogP contribution < -0.4 is 16.1 Å². The van der Waals surface area contributed by atoms with Gasteiger partial charge in [0.15, 0.2) is 0 Å². The number of H-pyrrole nitrogens is 3. The van der Waals surface area contributed by atoms with Crippen molar-refractivity contribution in [1.82, 2.24) is 19.7 Å². The number of benzene rings is 2. The minimum absolute atomic E-state index is 0.179. The van der Waals surface area contributed by atoms with Gasteiger partial charge in [-0.1, -0.05) is 15.9 Å². The van der Waals surface area contributed by atoms with Crippen LogP contribution in [0.25, 0.3) is 16.7 Å². The van der Waals surface area contributed by atoms with Crippen LogP contribution in [0.5, 0.6) is 0 Å². The van der Waals surface area contributed by atoms with E-state index in [1.165, 1.54) is 4.68 Å². The number of aromatic amines is 3. The third-order valence-corrected chi connectivity index (χ3v) is 6.70. The van der Waals surface area contributed by atoms with Crippen molar-refractivity contribution in [2.75, 3.05) is 31.2 Å². The maximum atomic E-state index is 13.2. The molecule has 9 nitrogen and oxygen atoms in total. The van der Waals surface area contributed by atoms with Crippen molar-refractivity contribution in [1.29, 1.82) is 0 Å². The van der Waals surface area contributed by atoms with Crippen molar-refractivity contribution in [3.05, 3.63) is 72.5 Å². The molecule has 0 unspecified atom stereocenters. The maximum Gasteiger partial charge on any atom is 0.323 e. The van der Waals surface area contributed by atoms with Gasteiger partial charge in [0.05, 0.1) is 46.9 Å². The van der Waals surface area contributed by atoms with Crippen LogP contribution in [0.15, 0.2) is 49.4 Å². The Morgan fingerprint density at radius 2 is 1.79 bits per heavy atom. The predicted octanol–water partition coefficient (Wildman–Crippen LogP) is 3.30. The molecule has 10 heteroatoms. The highest BCUT2D eigenvalue weighted by molar-refractivity contribution is 9.10. The molecule has 0 radical (unpaired) electrons. The summed E-state index contributed by atoms with van der Waals surface area (Å²) in [6.45, 7) is 6.52. The fraction of sp³-hybridized carbons (Fsp3) is 0.261. The van der Waals surface area contributed by atoms with Crippen molar-refractivity contribution in [3.63, 3.8) is 0 Å². The average molecular weight is 511 g/mol. The molecule has 1 fully saturated rings. The summed E-state index contributed by atoms with van der Waals surface area (Å²) in [5.41, 5.74) is 5.47. The molecule has 3 N–H and O–H groups in total. The number of imidazole rings is 1. The molecule has 4 aromatic rings. The Labute approximate surface area is 197 Å². The summed E-state index contributed by atoms with van der Waals surface area (Å²) in [6, 6.07) is 9.48. The lowest BCUT2D eigenvalue weighted by Crippen LogP contribution is -2.36. The molecule has 5 rings (SSSR count). The summed E-state index contributed by atoms with van der Waals surface area (Å²) in [6.07, 6.45) is 1.59. The second-order valence-corrected chi connectivity index (χ2v) is 8.90. The summed E-state index contributed by atoms with van der Waals surface area (Å²) in [4.78, 5) is 37.4. The monoisotopic (exact) mass is 510 g/mol. The number of hydrogen-bond donors (Lipinski definition) is 3. The van der Waals surface area contributed by atoms with Gasteiger partial charge < -0.3 is 19.6 Å². The van der Waals surface area contributed by atoms with Crippen molar-refractivity contribution in [2.45, 2.75) is 13.8 Å². The summed E-state index contributed by atoms with van der Waals surface area (Å²) in [5, 5.41) is 3.14. The number of rotatable bonds is 4. The van der Waals surface area contributed by atoms with Gasteiger partial charge in [-0.25, -0.2) is 9.48 Å². The maximum absolute atomic E-state index is 13.2. The zero-order valence-electron chi connectivity index (χ0n) is 18.2. The topological polar surface area (TPSA) is 111 Å². The normalized spacial score (nSPS) is 14.6. The zero-order chi connectivity index (χ0) is 23.1. The Morgan fingerprint density at radius 1 is 1.06 bits per heavy atom. The van der Waals surface area contributed by atoms with Crippen molar-refractivity contribution in [2.24, 2.45) is 4.99 Å². The van der Waals surface area contributed by atoms with E-state index in [0.717, 1.165) is 34.5 Å². The third kappa shape index (κ3) is 4.07. The highest BCUT2D eigenvalue weighted by Crippen LogP contribution is 2.32. The zero-order valence-corrected chi connectivity index (χ0v) is 19.8. The first-order chi connectivity index (χ1) is 15.9.